The second-order valence-corrected chi connectivity index (χ2v) is 3.57. The molecule has 2 rings (SSSR count). The molecular formula is C9H8F3N5O2. The van der Waals surface area contributed by atoms with Crippen LogP contribution in [0.25, 0.3) is 5.78 Å². The van der Waals surface area contributed by atoms with Crippen LogP contribution in [0.4, 0.5) is 19.0 Å². The number of anilines is 1. The second-order valence-electron chi connectivity index (χ2n) is 3.57. The van der Waals surface area contributed by atoms with Crippen LogP contribution in [0.3, 0.4) is 0 Å². The molecule has 2 aromatic heterocycles. The van der Waals surface area contributed by atoms with Crippen LogP contribution >= 0.6 is 0 Å². The Morgan fingerprint density at radius 3 is 2.84 bits per heavy atom. The number of aliphatic carboxylic acids is 1. The van der Waals surface area contributed by atoms with Crippen LogP contribution in [0.15, 0.2) is 12.4 Å². The molecule has 0 aliphatic carbocycles. The Hall–Kier alpha value is -2.39. The molecule has 0 fully saturated rings. The van der Waals surface area contributed by atoms with Crippen molar-refractivity contribution >= 4 is 17.6 Å². The summed E-state index contributed by atoms with van der Waals surface area (Å²) >= 11 is 0. The number of fused-ring (bicyclic) bond motifs is 1. The summed E-state index contributed by atoms with van der Waals surface area (Å²) in [7, 11) is 0. The van der Waals surface area contributed by atoms with E-state index < -0.39 is 17.8 Å². The number of nitrogens with one attached hydrogen (secondary N) is 1. The van der Waals surface area contributed by atoms with Crippen LogP contribution in [-0.4, -0.2) is 37.2 Å². The molecule has 0 aliphatic rings. The minimum absolute atomic E-state index is 0.0175. The Kier molecular flexibility index (Phi) is 3.23. The molecule has 0 aliphatic heterocycles. The van der Waals surface area contributed by atoms with E-state index in [0.717, 1.165) is 16.9 Å². The number of carbonyl (C=O) groups is 1. The van der Waals surface area contributed by atoms with E-state index in [-0.39, 0.29) is 24.6 Å². The maximum Gasteiger partial charge on any atom is 0.433 e. The molecule has 0 bridgehead atoms. The number of alkyl halides is 3. The third kappa shape index (κ3) is 2.89. The zero-order valence-electron chi connectivity index (χ0n) is 9.35. The van der Waals surface area contributed by atoms with Crippen molar-refractivity contribution in [2.24, 2.45) is 0 Å². The number of hydrogen-bond acceptors (Lipinski definition) is 5. The van der Waals surface area contributed by atoms with Gasteiger partial charge in [0.25, 0.3) is 5.78 Å². The summed E-state index contributed by atoms with van der Waals surface area (Å²) in [5.74, 6) is -1.30. The molecule has 0 saturated heterocycles. The summed E-state index contributed by atoms with van der Waals surface area (Å²) < 4.78 is 38.9. The highest BCUT2D eigenvalue weighted by molar-refractivity contribution is 5.67. The molecule has 7 nitrogen and oxygen atoms in total. The van der Waals surface area contributed by atoms with Crippen molar-refractivity contribution in [2.75, 3.05) is 11.9 Å². The molecule has 2 N–H and O–H groups in total. The summed E-state index contributed by atoms with van der Waals surface area (Å²) in [6.45, 7) is -0.0361. The van der Waals surface area contributed by atoms with E-state index in [1.54, 1.807) is 0 Å². The average Bonchev–Trinajstić information content (AvgIpc) is 2.75. The molecule has 0 amide bonds. The number of carboxylic acids is 1. The molecule has 2 aromatic rings. The lowest BCUT2D eigenvalue weighted by Crippen LogP contribution is -2.15. The standard InChI is InChI=1S/C9H8F3N5O2/c10-9(11,12)5-3-6(13-2-1-7(18)19)17-8(16-5)14-4-15-17/h3-4,13H,1-2H2,(H,18,19). The number of carboxylic acid groups (broad SMARTS) is 1. The normalized spacial score (nSPS) is 11.7. The van der Waals surface area contributed by atoms with Crippen molar-refractivity contribution in [2.45, 2.75) is 12.6 Å². The SMILES string of the molecule is O=C(O)CCNc1cc(C(F)(F)F)nc2ncnn12. The molecule has 0 spiro atoms. The maximum atomic E-state index is 12.6. The van der Waals surface area contributed by atoms with Gasteiger partial charge >= 0.3 is 12.1 Å². The topological polar surface area (TPSA) is 92.4 Å². The van der Waals surface area contributed by atoms with Gasteiger partial charge in [0.2, 0.25) is 0 Å². The average molecular weight is 275 g/mol. The van der Waals surface area contributed by atoms with Gasteiger partial charge in [-0.25, -0.2) is 4.98 Å². The smallest absolute Gasteiger partial charge is 0.433 e. The minimum atomic E-state index is -4.61. The Bertz CT molecular complexity index is 609. The van der Waals surface area contributed by atoms with E-state index in [0.29, 0.717) is 0 Å². The molecule has 0 atom stereocenters. The first kappa shape index (κ1) is 13.1. The van der Waals surface area contributed by atoms with Gasteiger partial charge in [0.05, 0.1) is 6.42 Å². The minimum Gasteiger partial charge on any atom is -0.481 e. The highest BCUT2D eigenvalue weighted by Gasteiger charge is 2.34. The van der Waals surface area contributed by atoms with Gasteiger partial charge in [-0.15, -0.1) is 0 Å². The summed E-state index contributed by atoms with van der Waals surface area (Å²) in [5.41, 5.74) is -1.12. The molecule has 0 radical (unpaired) electrons. The zero-order valence-corrected chi connectivity index (χ0v) is 9.35. The molecule has 0 unspecified atom stereocenters. The fraction of sp³-hybridized carbons (Fsp3) is 0.333. The molecule has 10 heteroatoms. The van der Waals surface area contributed by atoms with E-state index in [2.05, 4.69) is 20.4 Å². The van der Waals surface area contributed by atoms with Crippen molar-refractivity contribution < 1.29 is 23.1 Å². The summed E-state index contributed by atoms with van der Waals surface area (Å²) in [4.78, 5) is 17.3. The number of aromatic nitrogens is 4. The van der Waals surface area contributed by atoms with Crippen molar-refractivity contribution in [3.05, 3.63) is 18.1 Å². The Labute approximate surface area is 104 Å². The Morgan fingerprint density at radius 1 is 1.47 bits per heavy atom. The van der Waals surface area contributed by atoms with Gasteiger partial charge in [0.15, 0.2) is 5.69 Å². The molecular weight excluding hydrogens is 267 g/mol. The van der Waals surface area contributed by atoms with Gasteiger partial charge in [-0.3, -0.25) is 4.79 Å². The van der Waals surface area contributed by atoms with E-state index in [1.165, 1.54) is 0 Å². The van der Waals surface area contributed by atoms with Crippen LogP contribution in [0.2, 0.25) is 0 Å². The summed E-state index contributed by atoms with van der Waals surface area (Å²) in [6, 6.07) is 0.754. The van der Waals surface area contributed by atoms with Crippen LogP contribution < -0.4 is 5.32 Å². The van der Waals surface area contributed by atoms with Crippen molar-refractivity contribution in [1.82, 2.24) is 19.6 Å². The molecule has 19 heavy (non-hydrogen) atoms. The van der Waals surface area contributed by atoms with Crippen molar-refractivity contribution in [3.8, 4) is 0 Å². The first-order valence-corrected chi connectivity index (χ1v) is 5.11. The quantitative estimate of drug-likeness (QED) is 0.865. The monoisotopic (exact) mass is 275 g/mol. The zero-order chi connectivity index (χ0) is 14.0. The van der Waals surface area contributed by atoms with Gasteiger partial charge in [0, 0.05) is 12.6 Å². The number of rotatable bonds is 4. The van der Waals surface area contributed by atoms with Gasteiger partial charge in [-0.1, -0.05) is 0 Å². The largest absolute Gasteiger partial charge is 0.481 e. The Morgan fingerprint density at radius 2 is 2.21 bits per heavy atom. The molecule has 102 valence electrons. The fourth-order valence-corrected chi connectivity index (χ4v) is 1.38. The van der Waals surface area contributed by atoms with Gasteiger partial charge < -0.3 is 10.4 Å². The first-order chi connectivity index (χ1) is 8.88. The van der Waals surface area contributed by atoms with E-state index in [9.17, 15) is 18.0 Å². The number of nitrogens with zero attached hydrogens (tertiary/aromatic N) is 4. The van der Waals surface area contributed by atoms with Gasteiger partial charge in [0.1, 0.15) is 12.1 Å². The van der Waals surface area contributed by atoms with E-state index in [4.69, 9.17) is 5.11 Å². The first-order valence-electron chi connectivity index (χ1n) is 5.11. The number of hydrogen-bond donors (Lipinski definition) is 2. The van der Waals surface area contributed by atoms with E-state index >= 15 is 0 Å². The Balaban J connectivity index is 2.34. The third-order valence-corrected chi connectivity index (χ3v) is 2.19. The lowest BCUT2D eigenvalue weighted by atomic mass is 10.3. The lowest BCUT2D eigenvalue weighted by molar-refractivity contribution is -0.141. The lowest BCUT2D eigenvalue weighted by Gasteiger charge is -2.10. The van der Waals surface area contributed by atoms with Gasteiger partial charge in [-0.05, 0) is 0 Å². The molecule has 0 aromatic carbocycles. The highest BCUT2D eigenvalue weighted by Crippen LogP contribution is 2.29. The summed E-state index contributed by atoms with van der Waals surface area (Å²) in [5, 5.41) is 14.7. The second kappa shape index (κ2) is 4.71. The molecule has 0 saturated carbocycles. The summed E-state index contributed by atoms with van der Waals surface area (Å²) in [6.07, 6.45) is -3.79. The molecule has 2 heterocycles. The third-order valence-electron chi connectivity index (χ3n) is 2.19. The van der Waals surface area contributed by atoms with Crippen LogP contribution in [-0.2, 0) is 11.0 Å². The van der Waals surface area contributed by atoms with Crippen LogP contribution in [0.1, 0.15) is 12.1 Å². The highest BCUT2D eigenvalue weighted by atomic mass is 19.4. The predicted octanol–water partition coefficient (Wildman–Crippen LogP) is 1.03. The maximum absolute atomic E-state index is 12.6. The number of halogens is 3. The van der Waals surface area contributed by atoms with Crippen LogP contribution in [0, 0.1) is 0 Å². The van der Waals surface area contributed by atoms with Crippen molar-refractivity contribution in [1.29, 1.82) is 0 Å². The van der Waals surface area contributed by atoms with Crippen LogP contribution in [0.5, 0.6) is 0 Å². The fourth-order valence-electron chi connectivity index (χ4n) is 1.38. The predicted molar refractivity (Wildman–Crippen MR) is 56.5 cm³/mol. The van der Waals surface area contributed by atoms with Gasteiger partial charge in [-0.2, -0.15) is 27.8 Å². The van der Waals surface area contributed by atoms with E-state index in [1.807, 2.05) is 0 Å². The van der Waals surface area contributed by atoms with Crippen molar-refractivity contribution in [3.63, 3.8) is 0 Å².